The topological polar surface area (TPSA) is 41.6 Å². The number of hydrogen-bond donors (Lipinski definition) is 1. The summed E-state index contributed by atoms with van der Waals surface area (Å²) >= 11 is 0. The summed E-state index contributed by atoms with van der Waals surface area (Å²) in [4.78, 5) is 13.9. The smallest absolute Gasteiger partial charge is 0.407 e. The van der Waals surface area contributed by atoms with Gasteiger partial charge in [0.25, 0.3) is 0 Å². The Balaban J connectivity index is 1.59. The summed E-state index contributed by atoms with van der Waals surface area (Å²) in [5, 5.41) is 2.89. The van der Waals surface area contributed by atoms with Gasteiger partial charge in [0, 0.05) is 19.6 Å². The van der Waals surface area contributed by atoms with Crippen molar-refractivity contribution in [3.63, 3.8) is 0 Å². The number of carbonyl (C=O) groups is 1. The van der Waals surface area contributed by atoms with Crippen molar-refractivity contribution >= 4 is 6.09 Å². The molecule has 0 unspecified atom stereocenters. The Hall–Kier alpha value is -0.770. The zero-order valence-corrected chi connectivity index (χ0v) is 10.5. The molecule has 4 nitrogen and oxygen atoms in total. The fourth-order valence-corrected chi connectivity index (χ4v) is 1.95. The third-order valence-electron chi connectivity index (χ3n) is 2.89. The number of likely N-dealkylation sites (tertiary alicyclic amines) is 1. The van der Waals surface area contributed by atoms with Crippen LogP contribution in [-0.4, -0.2) is 42.3 Å². The first kappa shape index (κ1) is 11.7. The SMILES string of the molecule is CC(C)(C)OC(=O)NC1CN(CC2CC2)C1. The van der Waals surface area contributed by atoms with E-state index in [4.69, 9.17) is 4.74 Å². The van der Waals surface area contributed by atoms with Gasteiger partial charge >= 0.3 is 6.09 Å². The molecule has 1 aliphatic heterocycles. The summed E-state index contributed by atoms with van der Waals surface area (Å²) in [6.45, 7) is 8.82. The fraction of sp³-hybridized carbons (Fsp3) is 0.917. The van der Waals surface area contributed by atoms with Crippen LogP contribution in [0.1, 0.15) is 33.6 Å². The number of nitrogens with one attached hydrogen (secondary N) is 1. The Morgan fingerprint density at radius 3 is 2.50 bits per heavy atom. The number of hydrogen-bond acceptors (Lipinski definition) is 3. The highest BCUT2D eigenvalue weighted by molar-refractivity contribution is 5.68. The summed E-state index contributed by atoms with van der Waals surface area (Å²) in [6.07, 6.45) is 2.49. The first-order valence-corrected chi connectivity index (χ1v) is 6.14. The Bertz CT molecular complexity index is 263. The maximum atomic E-state index is 11.5. The van der Waals surface area contributed by atoms with Crippen LogP contribution in [0.4, 0.5) is 4.79 Å². The molecule has 1 amide bonds. The van der Waals surface area contributed by atoms with Crippen LogP contribution in [0.2, 0.25) is 0 Å². The Morgan fingerprint density at radius 2 is 2.00 bits per heavy atom. The molecule has 1 N–H and O–H groups in total. The molecule has 1 saturated heterocycles. The molecule has 2 aliphatic rings. The molecule has 1 heterocycles. The van der Waals surface area contributed by atoms with Crippen LogP contribution in [0.15, 0.2) is 0 Å². The number of amides is 1. The normalized spacial score (nSPS) is 22.7. The number of carbonyl (C=O) groups excluding carboxylic acids is 1. The highest BCUT2D eigenvalue weighted by atomic mass is 16.6. The van der Waals surface area contributed by atoms with E-state index in [9.17, 15) is 4.79 Å². The predicted molar refractivity (Wildman–Crippen MR) is 62.3 cm³/mol. The lowest BCUT2D eigenvalue weighted by atomic mass is 10.1. The van der Waals surface area contributed by atoms with E-state index in [1.165, 1.54) is 19.4 Å². The lowest BCUT2D eigenvalue weighted by Crippen LogP contribution is -2.60. The summed E-state index contributed by atoms with van der Waals surface area (Å²) in [6, 6.07) is 0.286. The maximum absolute atomic E-state index is 11.5. The van der Waals surface area contributed by atoms with Crippen LogP contribution in [0.25, 0.3) is 0 Å². The van der Waals surface area contributed by atoms with Crippen LogP contribution in [-0.2, 0) is 4.74 Å². The number of alkyl carbamates (subject to hydrolysis) is 1. The molecule has 1 saturated carbocycles. The van der Waals surface area contributed by atoms with E-state index >= 15 is 0 Å². The Labute approximate surface area is 97.3 Å². The first-order chi connectivity index (χ1) is 7.42. The van der Waals surface area contributed by atoms with Gasteiger partial charge in [-0.15, -0.1) is 0 Å². The summed E-state index contributed by atoms with van der Waals surface area (Å²) in [7, 11) is 0. The summed E-state index contributed by atoms with van der Waals surface area (Å²) in [5.74, 6) is 0.933. The van der Waals surface area contributed by atoms with E-state index in [0.29, 0.717) is 0 Å². The third kappa shape index (κ3) is 3.67. The summed E-state index contributed by atoms with van der Waals surface area (Å²) < 4.78 is 5.20. The maximum Gasteiger partial charge on any atom is 0.407 e. The van der Waals surface area contributed by atoms with Crippen LogP contribution in [0.3, 0.4) is 0 Å². The molecule has 0 bridgehead atoms. The molecule has 92 valence electrons. The Kier molecular flexibility index (Phi) is 3.10. The number of nitrogens with zero attached hydrogens (tertiary/aromatic N) is 1. The molecular weight excluding hydrogens is 204 g/mol. The van der Waals surface area contributed by atoms with Crippen LogP contribution in [0, 0.1) is 5.92 Å². The fourth-order valence-electron chi connectivity index (χ4n) is 1.95. The van der Waals surface area contributed by atoms with E-state index in [0.717, 1.165) is 19.0 Å². The van der Waals surface area contributed by atoms with E-state index in [1.807, 2.05) is 20.8 Å². The van der Waals surface area contributed by atoms with Crippen molar-refractivity contribution in [2.75, 3.05) is 19.6 Å². The van der Waals surface area contributed by atoms with E-state index in [2.05, 4.69) is 10.2 Å². The number of rotatable bonds is 3. The molecule has 0 aromatic rings. The van der Waals surface area contributed by atoms with Crippen molar-refractivity contribution in [1.82, 2.24) is 10.2 Å². The second kappa shape index (κ2) is 4.24. The quantitative estimate of drug-likeness (QED) is 0.795. The van der Waals surface area contributed by atoms with Gasteiger partial charge in [-0.05, 0) is 39.5 Å². The first-order valence-electron chi connectivity index (χ1n) is 6.14. The van der Waals surface area contributed by atoms with E-state index in [1.54, 1.807) is 0 Å². The van der Waals surface area contributed by atoms with Crippen LogP contribution < -0.4 is 5.32 Å². The minimum Gasteiger partial charge on any atom is -0.444 e. The van der Waals surface area contributed by atoms with Gasteiger partial charge in [-0.3, -0.25) is 4.90 Å². The molecule has 0 spiro atoms. The van der Waals surface area contributed by atoms with Crippen molar-refractivity contribution in [2.24, 2.45) is 5.92 Å². The predicted octanol–water partition coefficient (Wildman–Crippen LogP) is 1.61. The van der Waals surface area contributed by atoms with Gasteiger partial charge in [0.1, 0.15) is 5.60 Å². The zero-order valence-electron chi connectivity index (χ0n) is 10.5. The molecule has 2 rings (SSSR count). The van der Waals surface area contributed by atoms with Gasteiger partial charge in [-0.1, -0.05) is 0 Å². The van der Waals surface area contributed by atoms with E-state index in [-0.39, 0.29) is 12.1 Å². The zero-order chi connectivity index (χ0) is 11.8. The lowest BCUT2D eigenvalue weighted by molar-refractivity contribution is 0.0397. The molecule has 0 aromatic heterocycles. The molecule has 2 fully saturated rings. The third-order valence-corrected chi connectivity index (χ3v) is 2.89. The molecule has 1 aliphatic carbocycles. The second-order valence-corrected chi connectivity index (χ2v) is 6.01. The van der Waals surface area contributed by atoms with Crippen molar-refractivity contribution in [1.29, 1.82) is 0 Å². The van der Waals surface area contributed by atoms with Crippen molar-refractivity contribution < 1.29 is 9.53 Å². The minimum absolute atomic E-state index is 0.286. The highest BCUT2D eigenvalue weighted by Gasteiger charge is 2.33. The van der Waals surface area contributed by atoms with Gasteiger partial charge in [-0.25, -0.2) is 4.79 Å². The van der Waals surface area contributed by atoms with Crippen molar-refractivity contribution in [3.05, 3.63) is 0 Å². The molecule has 0 radical (unpaired) electrons. The number of ether oxygens (including phenoxy) is 1. The van der Waals surface area contributed by atoms with Crippen LogP contribution >= 0.6 is 0 Å². The van der Waals surface area contributed by atoms with Gasteiger partial charge < -0.3 is 10.1 Å². The van der Waals surface area contributed by atoms with Gasteiger partial charge in [0.2, 0.25) is 0 Å². The molecule has 16 heavy (non-hydrogen) atoms. The van der Waals surface area contributed by atoms with Gasteiger partial charge in [0.05, 0.1) is 6.04 Å². The lowest BCUT2D eigenvalue weighted by Gasteiger charge is -2.39. The minimum atomic E-state index is -0.401. The molecule has 0 aromatic carbocycles. The molecule has 0 atom stereocenters. The monoisotopic (exact) mass is 226 g/mol. The second-order valence-electron chi connectivity index (χ2n) is 6.01. The molecule has 4 heteroatoms. The van der Waals surface area contributed by atoms with Crippen LogP contribution in [0.5, 0.6) is 0 Å². The molecular formula is C12H22N2O2. The van der Waals surface area contributed by atoms with E-state index < -0.39 is 5.60 Å². The average molecular weight is 226 g/mol. The van der Waals surface area contributed by atoms with Gasteiger partial charge in [0.15, 0.2) is 0 Å². The standard InChI is InChI=1S/C12H22N2O2/c1-12(2,3)16-11(15)13-10-7-14(8-10)6-9-4-5-9/h9-10H,4-8H2,1-3H3,(H,13,15). The van der Waals surface area contributed by atoms with Crippen molar-refractivity contribution in [2.45, 2.75) is 45.3 Å². The summed E-state index contributed by atoms with van der Waals surface area (Å²) in [5.41, 5.74) is -0.401. The van der Waals surface area contributed by atoms with Gasteiger partial charge in [-0.2, -0.15) is 0 Å². The Morgan fingerprint density at radius 1 is 1.38 bits per heavy atom. The van der Waals surface area contributed by atoms with Crippen molar-refractivity contribution in [3.8, 4) is 0 Å². The largest absolute Gasteiger partial charge is 0.444 e. The average Bonchev–Trinajstić information content (AvgIpc) is 2.80. The highest BCUT2D eigenvalue weighted by Crippen LogP contribution is 2.31.